The van der Waals surface area contributed by atoms with Gasteiger partial charge in [-0.2, -0.15) is 0 Å². The quantitative estimate of drug-likeness (QED) is 0.871. The van der Waals surface area contributed by atoms with Gasteiger partial charge >= 0.3 is 0 Å². The summed E-state index contributed by atoms with van der Waals surface area (Å²) in [5.41, 5.74) is 1.99. The number of rotatable bonds is 4. The van der Waals surface area contributed by atoms with Gasteiger partial charge in [0.15, 0.2) is 0 Å². The highest BCUT2D eigenvalue weighted by molar-refractivity contribution is 5.81. The minimum atomic E-state index is 0.296. The second-order valence-electron chi connectivity index (χ2n) is 6.95. The molecule has 4 rings (SSSR count). The Morgan fingerprint density at radius 2 is 2.09 bits per heavy atom. The van der Waals surface area contributed by atoms with Gasteiger partial charge in [-0.05, 0) is 24.7 Å². The van der Waals surface area contributed by atoms with Crippen LogP contribution in [0.5, 0.6) is 0 Å². The van der Waals surface area contributed by atoms with Crippen molar-refractivity contribution in [1.82, 2.24) is 19.9 Å². The first-order valence-corrected chi connectivity index (χ1v) is 8.45. The van der Waals surface area contributed by atoms with Gasteiger partial charge in [0.2, 0.25) is 5.91 Å². The van der Waals surface area contributed by atoms with Gasteiger partial charge < -0.3 is 4.90 Å². The van der Waals surface area contributed by atoms with Crippen molar-refractivity contribution in [2.24, 2.45) is 17.8 Å². The van der Waals surface area contributed by atoms with Crippen LogP contribution < -0.4 is 0 Å². The zero-order valence-electron chi connectivity index (χ0n) is 13.4. The highest BCUT2D eigenvalue weighted by Gasteiger charge is 2.42. The smallest absolute Gasteiger partial charge is 0.225 e. The Kier molecular flexibility index (Phi) is 3.63. The van der Waals surface area contributed by atoms with Crippen LogP contribution in [0.25, 0.3) is 11.3 Å². The third-order valence-corrected chi connectivity index (χ3v) is 5.08. The van der Waals surface area contributed by atoms with E-state index in [1.807, 2.05) is 46.1 Å². The fourth-order valence-corrected chi connectivity index (χ4v) is 3.48. The maximum absolute atomic E-state index is 12.3. The Balaban J connectivity index is 1.36. The maximum Gasteiger partial charge on any atom is 0.225 e. The summed E-state index contributed by atoms with van der Waals surface area (Å²) in [6.07, 6.45) is 4.14. The van der Waals surface area contributed by atoms with Crippen LogP contribution in [0, 0.1) is 17.8 Å². The average Bonchev–Trinajstić information content (AvgIpc) is 2.97. The lowest BCUT2D eigenvalue weighted by atomic mass is 10.1. The summed E-state index contributed by atoms with van der Waals surface area (Å²) in [6, 6.07) is 10.1. The summed E-state index contributed by atoms with van der Waals surface area (Å²) >= 11 is 0. The van der Waals surface area contributed by atoms with Crippen LogP contribution in [0.4, 0.5) is 0 Å². The van der Waals surface area contributed by atoms with Gasteiger partial charge in [-0.1, -0.05) is 42.5 Å². The summed E-state index contributed by atoms with van der Waals surface area (Å²) in [5, 5.41) is 8.51. The number of likely N-dealkylation sites (tertiary alicyclic amines) is 1. The fraction of sp³-hybridized carbons (Fsp3) is 0.500. The lowest BCUT2D eigenvalue weighted by Gasteiger charge is -2.16. The van der Waals surface area contributed by atoms with Gasteiger partial charge in [-0.25, -0.2) is 0 Å². The van der Waals surface area contributed by atoms with Crippen molar-refractivity contribution in [2.75, 3.05) is 13.1 Å². The normalized spacial score (nSPS) is 26.5. The van der Waals surface area contributed by atoms with E-state index in [-0.39, 0.29) is 0 Å². The van der Waals surface area contributed by atoms with Gasteiger partial charge in [-0.15, -0.1) is 5.10 Å². The first-order chi connectivity index (χ1) is 11.2. The zero-order chi connectivity index (χ0) is 15.8. The Morgan fingerprint density at radius 3 is 2.83 bits per heavy atom. The molecule has 5 heteroatoms. The molecule has 1 unspecified atom stereocenters. The van der Waals surface area contributed by atoms with E-state index in [2.05, 4.69) is 17.2 Å². The Bertz CT molecular complexity index is 696. The van der Waals surface area contributed by atoms with Gasteiger partial charge in [0.1, 0.15) is 5.69 Å². The van der Waals surface area contributed by atoms with Crippen LogP contribution >= 0.6 is 0 Å². The number of amides is 1. The van der Waals surface area contributed by atoms with Crippen LogP contribution in [0.1, 0.15) is 19.8 Å². The van der Waals surface area contributed by atoms with Crippen molar-refractivity contribution in [3.63, 3.8) is 0 Å². The van der Waals surface area contributed by atoms with Gasteiger partial charge in [0, 0.05) is 31.1 Å². The predicted molar refractivity (Wildman–Crippen MR) is 87.4 cm³/mol. The molecule has 1 saturated heterocycles. The first kappa shape index (κ1) is 14.4. The molecule has 1 aliphatic heterocycles. The SMILES string of the molecule is C[C@@H]1C[C@H]1C(=O)N1CCC(Cn2cc(-c3ccccc3)nn2)C1. The standard InChI is InChI=1S/C18H22N4O/c1-13-9-16(13)18(23)21-8-7-14(10-21)11-22-12-17(19-20-22)15-5-3-2-4-6-15/h2-6,12-14,16H,7-11H2,1H3/t13-,14?,16-/m1/s1. The predicted octanol–water partition coefficient (Wildman–Crippen LogP) is 2.45. The molecule has 2 fully saturated rings. The van der Waals surface area contributed by atoms with E-state index in [4.69, 9.17) is 0 Å². The molecular formula is C18H22N4O. The van der Waals surface area contributed by atoms with Crippen LogP contribution in [0.15, 0.2) is 36.5 Å². The Hall–Kier alpha value is -2.17. The molecule has 2 aliphatic rings. The number of benzene rings is 1. The Morgan fingerprint density at radius 1 is 1.30 bits per heavy atom. The van der Waals surface area contributed by atoms with Crippen molar-refractivity contribution in [3.05, 3.63) is 36.5 Å². The summed E-state index contributed by atoms with van der Waals surface area (Å²) in [5.74, 6) is 1.73. The number of carbonyl (C=O) groups excluding carboxylic acids is 1. The monoisotopic (exact) mass is 310 g/mol. The van der Waals surface area contributed by atoms with Gasteiger partial charge in [-0.3, -0.25) is 9.48 Å². The molecule has 23 heavy (non-hydrogen) atoms. The van der Waals surface area contributed by atoms with E-state index >= 15 is 0 Å². The lowest BCUT2D eigenvalue weighted by molar-refractivity contribution is -0.131. The topological polar surface area (TPSA) is 51.0 Å². The highest BCUT2D eigenvalue weighted by atomic mass is 16.2. The lowest BCUT2D eigenvalue weighted by Crippen LogP contribution is -2.31. The highest BCUT2D eigenvalue weighted by Crippen LogP contribution is 2.40. The molecule has 1 saturated carbocycles. The second-order valence-corrected chi connectivity index (χ2v) is 6.95. The largest absolute Gasteiger partial charge is 0.342 e. The second kappa shape index (κ2) is 5.80. The summed E-state index contributed by atoms with van der Waals surface area (Å²) in [4.78, 5) is 14.3. The van der Waals surface area contributed by atoms with E-state index in [0.717, 1.165) is 43.7 Å². The molecule has 0 radical (unpaired) electrons. The minimum absolute atomic E-state index is 0.296. The van der Waals surface area contributed by atoms with Crippen molar-refractivity contribution < 1.29 is 4.79 Å². The summed E-state index contributed by atoms with van der Waals surface area (Å²) in [6.45, 7) is 4.76. The van der Waals surface area contributed by atoms with Crippen LogP contribution in [-0.4, -0.2) is 38.9 Å². The number of hydrogen-bond donors (Lipinski definition) is 0. The first-order valence-electron chi connectivity index (χ1n) is 8.45. The number of hydrogen-bond acceptors (Lipinski definition) is 3. The van der Waals surface area contributed by atoms with E-state index in [1.165, 1.54) is 0 Å². The third-order valence-electron chi connectivity index (χ3n) is 5.08. The van der Waals surface area contributed by atoms with Crippen LogP contribution in [-0.2, 0) is 11.3 Å². The molecule has 1 amide bonds. The third kappa shape index (κ3) is 3.00. The van der Waals surface area contributed by atoms with Gasteiger partial charge in [0.05, 0.1) is 6.20 Å². The molecule has 2 aromatic rings. The van der Waals surface area contributed by atoms with Crippen molar-refractivity contribution in [1.29, 1.82) is 0 Å². The summed E-state index contributed by atoms with van der Waals surface area (Å²) in [7, 11) is 0. The average molecular weight is 310 g/mol. The number of aromatic nitrogens is 3. The fourth-order valence-electron chi connectivity index (χ4n) is 3.48. The van der Waals surface area contributed by atoms with Crippen molar-refractivity contribution >= 4 is 5.91 Å². The molecule has 0 N–H and O–H groups in total. The zero-order valence-corrected chi connectivity index (χ0v) is 13.4. The van der Waals surface area contributed by atoms with E-state index in [0.29, 0.717) is 23.7 Å². The molecule has 3 atom stereocenters. The molecule has 1 aromatic carbocycles. The Labute approximate surface area is 136 Å². The molecule has 1 aliphatic carbocycles. The number of carbonyl (C=O) groups is 1. The molecule has 120 valence electrons. The van der Waals surface area contributed by atoms with Crippen LogP contribution in [0.3, 0.4) is 0 Å². The summed E-state index contributed by atoms with van der Waals surface area (Å²) < 4.78 is 1.92. The number of nitrogens with zero attached hydrogens (tertiary/aromatic N) is 4. The van der Waals surface area contributed by atoms with Crippen molar-refractivity contribution in [2.45, 2.75) is 26.3 Å². The minimum Gasteiger partial charge on any atom is -0.342 e. The molecule has 5 nitrogen and oxygen atoms in total. The van der Waals surface area contributed by atoms with E-state index < -0.39 is 0 Å². The molecule has 0 spiro atoms. The molecule has 0 bridgehead atoms. The maximum atomic E-state index is 12.3. The molecule has 2 heterocycles. The molecule has 1 aromatic heterocycles. The van der Waals surface area contributed by atoms with E-state index in [9.17, 15) is 4.79 Å². The van der Waals surface area contributed by atoms with Crippen LogP contribution in [0.2, 0.25) is 0 Å². The van der Waals surface area contributed by atoms with Crippen molar-refractivity contribution in [3.8, 4) is 11.3 Å². The van der Waals surface area contributed by atoms with Gasteiger partial charge in [0.25, 0.3) is 0 Å². The van der Waals surface area contributed by atoms with E-state index in [1.54, 1.807) is 0 Å². The molecular weight excluding hydrogens is 288 g/mol.